The minimum Gasteiger partial charge on any atom is -0.393 e. The first kappa shape index (κ1) is 32.1. The second kappa shape index (κ2) is 12.0. The molecule has 0 spiro atoms. The van der Waals surface area contributed by atoms with Gasteiger partial charge in [0.15, 0.2) is 0 Å². The van der Waals surface area contributed by atoms with E-state index in [9.17, 15) is 10.2 Å². The van der Waals surface area contributed by atoms with Gasteiger partial charge in [-0.1, -0.05) is 122 Å². The van der Waals surface area contributed by atoms with Gasteiger partial charge in [0.25, 0.3) is 0 Å². The van der Waals surface area contributed by atoms with Gasteiger partial charge in [0.05, 0.1) is 12.2 Å². The van der Waals surface area contributed by atoms with Crippen LogP contribution in [0.25, 0.3) is 0 Å². The summed E-state index contributed by atoms with van der Waals surface area (Å²) in [6, 6.07) is 0. The van der Waals surface area contributed by atoms with Gasteiger partial charge in [-0.3, -0.25) is 0 Å². The Morgan fingerprint density at radius 1 is 0.417 bits per heavy atom. The van der Waals surface area contributed by atoms with E-state index in [1.807, 2.05) is 0 Å². The first-order chi connectivity index (χ1) is 16.2. The molecule has 2 rings (SSSR count). The molecular weight excluding hydrogens is 440 g/mol. The van der Waals surface area contributed by atoms with Gasteiger partial charge >= 0.3 is 0 Å². The normalized spacial score (nSPS) is 35.2. The van der Waals surface area contributed by atoms with Crippen molar-refractivity contribution in [3.63, 3.8) is 0 Å². The maximum Gasteiger partial charge on any atom is 0.0606 e. The van der Waals surface area contributed by atoms with Crippen molar-refractivity contribution in [3.05, 3.63) is 0 Å². The molecule has 2 saturated carbocycles. The molecule has 0 heterocycles. The van der Waals surface area contributed by atoms with E-state index in [-0.39, 0.29) is 33.9 Å². The summed E-state index contributed by atoms with van der Waals surface area (Å²) in [5, 5.41) is 22.4. The highest BCUT2D eigenvalue weighted by Gasteiger charge is 2.47. The summed E-state index contributed by atoms with van der Waals surface area (Å²) in [6.45, 7) is 27.9. The van der Waals surface area contributed by atoms with Gasteiger partial charge in [0, 0.05) is 0 Å². The number of rotatable bonds is 7. The molecule has 0 aromatic rings. The molecule has 2 N–H and O–H groups in total. The van der Waals surface area contributed by atoms with E-state index in [0.29, 0.717) is 23.7 Å². The van der Waals surface area contributed by atoms with Gasteiger partial charge in [0.1, 0.15) is 0 Å². The van der Waals surface area contributed by atoms with Crippen molar-refractivity contribution in [1.29, 1.82) is 0 Å². The lowest BCUT2D eigenvalue weighted by Crippen LogP contribution is -2.47. The van der Waals surface area contributed by atoms with E-state index in [0.717, 1.165) is 11.8 Å². The molecule has 214 valence electrons. The smallest absolute Gasteiger partial charge is 0.0606 e. The monoisotopic (exact) mass is 507 g/mol. The van der Waals surface area contributed by atoms with E-state index in [1.54, 1.807) is 0 Å². The first-order valence-corrected chi connectivity index (χ1v) is 15.6. The molecule has 2 heteroatoms. The zero-order chi connectivity index (χ0) is 27.7. The molecule has 0 bridgehead atoms. The van der Waals surface area contributed by atoms with Crippen molar-refractivity contribution in [2.45, 2.75) is 160 Å². The van der Waals surface area contributed by atoms with Crippen molar-refractivity contribution >= 4 is 0 Å². The number of aliphatic hydroxyl groups is 2. The molecule has 0 aromatic carbocycles. The molecule has 2 nitrogen and oxygen atoms in total. The Bertz CT molecular complexity index is 547. The van der Waals surface area contributed by atoms with Crippen molar-refractivity contribution in [2.75, 3.05) is 0 Å². The highest BCUT2D eigenvalue weighted by molar-refractivity contribution is 4.96. The van der Waals surface area contributed by atoms with E-state index in [1.165, 1.54) is 64.2 Å². The Balaban J connectivity index is 1.84. The predicted octanol–water partition coefficient (Wildman–Crippen LogP) is 9.52. The Morgan fingerprint density at radius 2 is 0.639 bits per heavy atom. The third-order valence-corrected chi connectivity index (χ3v) is 10.4. The van der Waals surface area contributed by atoms with Crippen LogP contribution >= 0.6 is 0 Å². The zero-order valence-electron chi connectivity index (χ0n) is 26.6. The minimum absolute atomic E-state index is 0.163. The molecule has 0 aromatic heterocycles. The molecule has 36 heavy (non-hydrogen) atoms. The predicted molar refractivity (Wildman–Crippen MR) is 157 cm³/mol. The third kappa shape index (κ3) is 8.72. The van der Waals surface area contributed by atoms with Crippen LogP contribution in [0.3, 0.4) is 0 Å². The molecule has 0 amide bonds. The van der Waals surface area contributed by atoms with Crippen LogP contribution in [0.1, 0.15) is 147 Å². The van der Waals surface area contributed by atoms with E-state index < -0.39 is 0 Å². The summed E-state index contributed by atoms with van der Waals surface area (Å²) in [6.07, 6.45) is 12.5. The van der Waals surface area contributed by atoms with Crippen LogP contribution in [-0.4, -0.2) is 22.4 Å². The van der Waals surface area contributed by atoms with Gasteiger partial charge in [0.2, 0.25) is 0 Å². The largest absolute Gasteiger partial charge is 0.393 e. The lowest BCUT2D eigenvalue weighted by Gasteiger charge is -2.49. The summed E-state index contributed by atoms with van der Waals surface area (Å²) in [4.78, 5) is 0. The number of aliphatic hydroxyl groups excluding tert-OH is 2. The van der Waals surface area contributed by atoms with Crippen LogP contribution in [0.4, 0.5) is 0 Å². The van der Waals surface area contributed by atoms with Crippen LogP contribution in [0.5, 0.6) is 0 Å². The molecule has 2 aliphatic rings. The molecule has 4 unspecified atom stereocenters. The van der Waals surface area contributed by atoms with Gasteiger partial charge in [-0.15, -0.1) is 0 Å². The van der Waals surface area contributed by atoms with Gasteiger partial charge < -0.3 is 10.2 Å². The summed E-state index contributed by atoms with van der Waals surface area (Å²) in [5.41, 5.74) is 0.686. The standard InChI is InChI=1S/C34H66O2/c1-31(2,3)25-19-23(20-26(29(25)35)32(4,5)6)17-15-13-14-16-18-24-21-27(33(7,8)9)30(36)28(22-24)34(10,11)12/h23-30,35-36H,13-22H2,1-12H3. The van der Waals surface area contributed by atoms with Crippen LogP contribution in [0.15, 0.2) is 0 Å². The number of hydrogen-bond donors (Lipinski definition) is 2. The van der Waals surface area contributed by atoms with Crippen LogP contribution in [0, 0.1) is 57.2 Å². The maximum atomic E-state index is 11.2. The Hall–Kier alpha value is -0.0800. The highest BCUT2D eigenvalue weighted by Crippen LogP contribution is 2.51. The summed E-state index contributed by atoms with van der Waals surface area (Å²) in [5.74, 6) is 3.17. The van der Waals surface area contributed by atoms with Crippen LogP contribution in [-0.2, 0) is 0 Å². The molecular formula is C34H66O2. The lowest BCUT2D eigenvalue weighted by atomic mass is 9.58. The van der Waals surface area contributed by atoms with Gasteiger partial charge in [-0.25, -0.2) is 0 Å². The zero-order valence-corrected chi connectivity index (χ0v) is 26.6. The van der Waals surface area contributed by atoms with Crippen molar-refractivity contribution in [2.24, 2.45) is 57.2 Å². The van der Waals surface area contributed by atoms with Crippen LogP contribution in [0.2, 0.25) is 0 Å². The fourth-order valence-corrected chi connectivity index (χ4v) is 7.90. The quantitative estimate of drug-likeness (QED) is 0.337. The fraction of sp³-hybridized carbons (Fsp3) is 1.00. The van der Waals surface area contributed by atoms with Gasteiger partial charge in [-0.2, -0.15) is 0 Å². The summed E-state index contributed by atoms with van der Waals surface area (Å²) in [7, 11) is 0. The fourth-order valence-electron chi connectivity index (χ4n) is 7.90. The summed E-state index contributed by atoms with van der Waals surface area (Å²) >= 11 is 0. The second-order valence-electron chi connectivity index (χ2n) is 17.5. The van der Waals surface area contributed by atoms with Crippen molar-refractivity contribution < 1.29 is 10.2 Å². The van der Waals surface area contributed by atoms with Crippen molar-refractivity contribution in [3.8, 4) is 0 Å². The first-order valence-electron chi connectivity index (χ1n) is 15.6. The molecule has 0 saturated heterocycles. The highest BCUT2D eigenvalue weighted by atomic mass is 16.3. The molecule has 2 aliphatic carbocycles. The van der Waals surface area contributed by atoms with E-state index in [2.05, 4.69) is 83.1 Å². The Kier molecular flexibility index (Phi) is 10.7. The molecule has 0 aliphatic heterocycles. The molecule has 4 atom stereocenters. The lowest BCUT2D eigenvalue weighted by molar-refractivity contribution is -0.0854. The SMILES string of the molecule is CC(C)(C)C1CC(CCCCCCC2CC(C(C)(C)C)C(O)C(C(C)(C)C)C2)CC(C(C)(C)C)C1O. The molecule has 2 fully saturated rings. The number of unbranched alkanes of at least 4 members (excludes halogenated alkanes) is 3. The maximum absolute atomic E-state index is 11.2. The molecule has 0 radical (unpaired) electrons. The van der Waals surface area contributed by atoms with E-state index >= 15 is 0 Å². The topological polar surface area (TPSA) is 40.5 Å². The summed E-state index contributed by atoms with van der Waals surface area (Å²) < 4.78 is 0. The average molecular weight is 507 g/mol. The average Bonchev–Trinajstić information content (AvgIpc) is 2.68. The Labute approximate surface area is 226 Å². The minimum atomic E-state index is -0.163. The Morgan fingerprint density at radius 3 is 0.833 bits per heavy atom. The third-order valence-electron chi connectivity index (χ3n) is 10.4. The van der Waals surface area contributed by atoms with Crippen LogP contribution < -0.4 is 0 Å². The van der Waals surface area contributed by atoms with E-state index in [4.69, 9.17) is 0 Å². The second-order valence-corrected chi connectivity index (χ2v) is 17.5. The van der Waals surface area contributed by atoms with Gasteiger partial charge in [-0.05, 0) is 82.9 Å². The number of hydrogen-bond acceptors (Lipinski definition) is 2. The van der Waals surface area contributed by atoms with Crippen molar-refractivity contribution in [1.82, 2.24) is 0 Å².